The van der Waals surface area contributed by atoms with Gasteiger partial charge in [0.1, 0.15) is 5.69 Å². The van der Waals surface area contributed by atoms with Gasteiger partial charge in [0, 0.05) is 0 Å². The van der Waals surface area contributed by atoms with Gasteiger partial charge in [0.15, 0.2) is 17.2 Å². The first-order chi connectivity index (χ1) is 9.17. The quantitative estimate of drug-likeness (QED) is 0.401. The van der Waals surface area contributed by atoms with Gasteiger partial charge in [0.05, 0.1) is 6.61 Å². The predicted octanol–water partition coefficient (Wildman–Crippen LogP) is 0.306. The molecule has 2 rings (SSSR count). The van der Waals surface area contributed by atoms with Gasteiger partial charge in [-0.25, -0.2) is 15.6 Å². The lowest BCUT2D eigenvalue weighted by Crippen LogP contribution is -2.36. The Morgan fingerprint density at radius 1 is 1.47 bits per heavy atom. The molecule has 1 aromatic carbocycles. The summed E-state index contributed by atoms with van der Waals surface area (Å²) in [6.45, 7) is 1.90. The monoisotopic (exact) mass is 262 g/mol. The van der Waals surface area contributed by atoms with Gasteiger partial charge in [-0.3, -0.25) is 0 Å². The summed E-state index contributed by atoms with van der Waals surface area (Å²) in [4.78, 5) is 16.1. The number of rotatable bonds is 2. The number of amidine groups is 1. The largest absolute Gasteiger partial charge is 0.462 e. The van der Waals surface area contributed by atoms with Gasteiger partial charge >= 0.3 is 5.97 Å². The summed E-state index contributed by atoms with van der Waals surface area (Å²) in [5.74, 6) is 5.16. The maximum atomic E-state index is 11.9. The molecule has 0 aliphatic carbocycles. The van der Waals surface area contributed by atoms with E-state index in [2.05, 4.69) is 10.4 Å². The van der Waals surface area contributed by atoms with Crippen LogP contribution in [0.5, 0.6) is 5.75 Å². The van der Waals surface area contributed by atoms with Gasteiger partial charge in [-0.05, 0) is 19.1 Å². The fourth-order valence-electron chi connectivity index (χ4n) is 1.60. The average Bonchev–Trinajstić information content (AvgIpc) is 2.54. The number of hydrazine groups is 1. The number of hydrogen-bond donors (Lipinski definition) is 3. The zero-order valence-electron chi connectivity index (χ0n) is 10.3. The number of esters is 1. The second-order valence-corrected chi connectivity index (χ2v) is 3.63. The second-order valence-electron chi connectivity index (χ2n) is 3.63. The van der Waals surface area contributed by atoms with Crippen LogP contribution in [0.2, 0.25) is 0 Å². The first-order valence-corrected chi connectivity index (χ1v) is 5.66. The predicted molar refractivity (Wildman–Crippen MR) is 69.3 cm³/mol. The minimum atomic E-state index is -0.649. The molecule has 0 saturated heterocycles. The van der Waals surface area contributed by atoms with Crippen molar-refractivity contribution in [2.75, 3.05) is 6.61 Å². The molecular weight excluding hydrogens is 248 g/mol. The number of hydrogen-bond acceptors (Lipinski definition) is 7. The highest BCUT2D eigenvalue weighted by atomic mass is 16.5. The summed E-state index contributed by atoms with van der Waals surface area (Å²) in [7, 11) is 0. The Morgan fingerprint density at radius 2 is 2.21 bits per heavy atom. The number of nitrogens with zero attached hydrogens (tertiary/aromatic N) is 1. The van der Waals surface area contributed by atoms with Crippen molar-refractivity contribution in [2.45, 2.75) is 6.92 Å². The molecule has 0 fully saturated rings. The van der Waals surface area contributed by atoms with E-state index >= 15 is 0 Å². The van der Waals surface area contributed by atoms with Crippen LogP contribution in [0, 0.1) is 0 Å². The third-order valence-corrected chi connectivity index (χ3v) is 2.42. The van der Waals surface area contributed by atoms with E-state index in [0.717, 1.165) is 0 Å². The topological polar surface area (TPSA) is 112 Å². The van der Waals surface area contributed by atoms with Gasteiger partial charge in [-0.1, -0.05) is 12.1 Å². The van der Waals surface area contributed by atoms with E-state index in [1.807, 2.05) is 0 Å². The molecule has 1 aromatic rings. The van der Waals surface area contributed by atoms with Crippen LogP contribution >= 0.6 is 0 Å². The van der Waals surface area contributed by atoms with Crippen LogP contribution in [0.3, 0.4) is 0 Å². The number of carbonyl (C=O) groups is 1. The zero-order chi connectivity index (χ0) is 13.8. The first-order valence-electron chi connectivity index (χ1n) is 5.66. The molecule has 1 heterocycles. The molecule has 0 saturated carbocycles. The second kappa shape index (κ2) is 5.40. The molecule has 100 valence electrons. The SMILES string of the molecule is CCOC(=O)C1=C(N)Oc2ccccc2N=C1NN. The molecule has 0 amide bonds. The first kappa shape index (κ1) is 12.9. The molecular formula is C12H14N4O3. The lowest BCUT2D eigenvalue weighted by Gasteiger charge is -2.10. The number of ether oxygens (including phenoxy) is 2. The highest BCUT2D eigenvalue weighted by Crippen LogP contribution is 2.31. The third kappa shape index (κ3) is 2.50. The highest BCUT2D eigenvalue weighted by Gasteiger charge is 2.26. The van der Waals surface area contributed by atoms with E-state index in [9.17, 15) is 4.79 Å². The average molecular weight is 262 g/mol. The number of aliphatic imine (C=N–C) groups is 1. The van der Waals surface area contributed by atoms with Crippen molar-refractivity contribution in [3.05, 3.63) is 35.7 Å². The van der Waals surface area contributed by atoms with Crippen molar-refractivity contribution < 1.29 is 14.3 Å². The minimum Gasteiger partial charge on any atom is -0.462 e. The summed E-state index contributed by atoms with van der Waals surface area (Å²) in [5.41, 5.74) is 8.59. The van der Waals surface area contributed by atoms with Gasteiger partial charge in [0.25, 0.3) is 0 Å². The van der Waals surface area contributed by atoms with Gasteiger partial charge in [0.2, 0.25) is 5.88 Å². The van der Waals surface area contributed by atoms with Crippen molar-refractivity contribution >= 4 is 17.5 Å². The molecule has 0 aromatic heterocycles. The molecule has 0 radical (unpaired) electrons. The van der Waals surface area contributed by atoms with E-state index in [0.29, 0.717) is 11.4 Å². The van der Waals surface area contributed by atoms with Crippen molar-refractivity contribution in [3.8, 4) is 5.75 Å². The summed E-state index contributed by atoms with van der Waals surface area (Å²) in [6, 6.07) is 6.96. The number of carbonyl (C=O) groups excluding carboxylic acids is 1. The summed E-state index contributed by atoms with van der Waals surface area (Å²) < 4.78 is 10.3. The van der Waals surface area contributed by atoms with Crippen LogP contribution < -0.4 is 21.7 Å². The zero-order valence-corrected chi connectivity index (χ0v) is 10.3. The molecule has 1 aliphatic rings. The number of nitrogens with one attached hydrogen (secondary N) is 1. The van der Waals surface area contributed by atoms with Crippen molar-refractivity contribution in [3.63, 3.8) is 0 Å². The third-order valence-electron chi connectivity index (χ3n) is 2.42. The molecule has 0 bridgehead atoms. The van der Waals surface area contributed by atoms with E-state index in [1.54, 1.807) is 31.2 Å². The summed E-state index contributed by atoms with van der Waals surface area (Å²) in [5, 5.41) is 0. The van der Waals surface area contributed by atoms with E-state index in [4.69, 9.17) is 21.1 Å². The lowest BCUT2D eigenvalue weighted by molar-refractivity contribution is -0.138. The van der Waals surface area contributed by atoms with Gasteiger partial charge in [-0.15, -0.1) is 0 Å². The van der Waals surface area contributed by atoms with Gasteiger partial charge in [-0.2, -0.15) is 0 Å². The fourth-order valence-corrected chi connectivity index (χ4v) is 1.60. The molecule has 0 atom stereocenters. The van der Waals surface area contributed by atoms with Crippen LogP contribution in [0.4, 0.5) is 5.69 Å². The Bertz CT molecular complexity index is 566. The Labute approximate surface area is 109 Å². The standard InChI is InChI=1S/C12H14N4O3/c1-2-18-12(17)9-10(13)19-8-6-4-3-5-7(8)15-11(9)16-14/h3-6H,2,13-14H2,1H3,(H,15,16). The molecule has 7 nitrogen and oxygen atoms in total. The maximum Gasteiger partial charge on any atom is 0.347 e. The van der Waals surface area contributed by atoms with Crippen LogP contribution in [-0.4, -0.2) is 18.4 Å². The van der Waals surface area contributed by atoms with Crippen molar-refractivity contribution in [2.24, 2.45) is 16.6 Å². The molecule has 1 aliphatic heterocycles. The van der Waals surface area contributed by atoms with E-state index < -0.39 is 5.97 Å². The normalized spacial score (nSPS) is 13.9. The molecule has 0 unspecified atom stereocenters. The Morgan fingerprint density at radius 3 is 2.89 bits per heavy atom. The minimum absolute atomic E-state index is 0.0273. The Hall–Kier alpha value is -2.54. The van der Waals surface area contributed by atoms with Gasteiger partial charge < -0.3 is 20.6 Å². The highest BCUT2D eigenvalue weighted by molar-refractivity contribution is 6.20. The van der Waals surface area contributed by atoms with Crippen LogP contribution in [0.15, 0.2) is 40.7 Å². The summed E-state index contributed by atoms with van der Waals surface area (Å²) >= 11 is 0. The maximum absolute atomic E-state index is 11.9. The van der Waals surface area contributed by atoms with Crippen LogP contribution in [0.1, 0.15) is 6.92 Å². The van der Waals surface area contributed by atoms with Crippen molar-refractivity contribution in [1.82, 2.24) is 5.43 Å². The number of para-hydroxylation sites is 2. The smallest absolute Gasteiger partial charge is 0.347 e. The Balaban J connectivity index is 2.51. The molecule has 19 heavy (non-hydrogen) atoms. The Kier molecular flexibility index (Phi) is 3.67. The van der Waals surface area contributed by atoms with E-state index in [-0.39, 0.29) is 23.9 Å². The molecule has 5 N–H and O–H groups in total. The number of nitrogens with two attached hydrogens (primary N) is 2. The van der Waals surface area contributed by atoms with Crippen LogP contribution in [-0.2, 0) is 9.53 Å². The lowest BCUT2D eigenvalue weighted by atomic mass is 10.2. The summed E-state index contributed by atoms with van der Waals surface area (Å²) in [6.07, 6.45) is 0. The molecule has 0 spiro atoms. The van der Waals surface area contributed by atoms with E-state index in [1.165, 1.54) is 0 Å². The molecule has 7 heteroatoms. The van der Waals surface area contributed by atoms with Crippen molar-refractivity contribution in [1.29, 1.82) is 0 Å². The number of benzene rings is 1. The van der Waals surface area contributed by atoms with Crippen LogP contribution in [0.25, 0.3) is 0 Å². The fraction of sp³-hybridized carbons (Fsp3) is 0.167. The number of fused-ring (bicyclic) bond motifs is 1.